The van der Waals surface area contributed by atoms with Gasteiger partial charge in [-0.05, 0) is 43.2 Å². The van der Waals surface area contributed by atoms with Crippen molar-refractivity contribution in [1.29, 1.82) is 5.26 Å². The van der Waals surface area contributed by atoms with Crippen molar-refractivity contribution in [1.82, 2.24) is 4.57 Å². The summed E-state index contributed by atoms with van der Waals surface area (Å²) in [6, 6.07) is 16.0. The lowest BCUT2D eigenvalue weighted by Crippen LogP contribution is -2.40. The number of hydrogen-bond acceptors (Lipinski definition) is 6. The second-order valence-electron chi connectivity index (χ2n) is 7.81. The molecule has 172 valence electrons. The number of hydrogen-bond donors (Lipinski definition) is 1. The van der Waals surface area contributed by atoms with Crippen molar-refractivity contribution in [2.45, 2.75) is 25.9 Å². The predicted molar refractivity (Wildman–Crippen MR) is 135 cm³/mol. The number of nitrogens with two attached hydrogens (primary N) is 1. The number of rotatable bonds is 4. The first-order valence-electron chi connectivity index (χ1n) is 10.3. The van der Waals surface area contributed by atoms with Crippen LogP contribution in [0.4, 0.5) is 0 Å². The van der Waals surface area contributed by atoms with E-state index < -0.39 is 23.6 Å². The molecule has 0 radical (unpaired) electrons. The van der Waals surface area contributed by atoms with Gasteiger partial charge in [0.1, 0.15) is 10.5 Å². The highest BCUT2D eigenvalue weighted by atomic mass is 35.5. The highest BCUT2D eigenvalue weighted by Gasteiger charge is 2.37. The Morgan fingerprint density at radius 3 is 2.44 bits per heavy atom. The van der Waals surface area contributed by atoms with E-state index in [0.29, 0.717) is 25.7 Å². The zero-order valence-electron chi connectivity index (χ0n) is 18.2. The minimum absolute atomic E-state index is 0.0421. The number of nitrogens with zero attached hydrogens (tertiary/aromatic N) is 2. The molecule has 0 aliphatic carbocycles. The summed E-state index contributed by atoms with van der Waals surface area (Å²) < 4.78 is 7.30. The van der Waals surface area contributed by atoms with Crippen LogP contribution in [0.15, 0.2) is 58.9 Å². The Morgan fingerprint density at radius 1 is 1.18 bits per heavy atom. The van der Waals surface area contributed by atoms with Gasteiger partial charge in [0.2, 0.25) is 0 Å². The van der Waals surface area contributed by atoms with Gasteiger partial charge >= 0.3 is 5.97 Å². The van der Waals surface area contributed by atoms with E-state index in [1.807, 2.05) is 0 Å². The maximum absolute atomic E-state index is 13.4. The zero-order valence-corrected chi connectivity index (χ0v) is 20.5. The van der Waals surface area contributed by atoms with Crippen LogP contribution in [-0.4, -0.2) is 16.6 Å². The number of ether oxygens (including phenoxy) is 1. The third-order valence-electron chi connectivity index (χ3n) is 5.24. The van der Waals surface area contributed by atoms with Crippen LogP contribution in [0.25, 0.3) is 17.5 Å². The van der Waals surface area contributed by atoms with Gasteiger partial charge < -0.3 is 10.5 Å². The molecular formula is C25H19Cl2N3O3S. The Hall–Kier alpha value is -3.31. The Bertz CT molecular complexity index is 1560. The monoisotopic (exact) mass is 511 g/mol. The summed E-state index contributed by atoms with van der Waals surface area (Å²) >= 11 is 13.8. The van der Waals surface area contributed by atoms with Crippen LogP contribution in [0.2, 0.25) is 10.0 Å². The highest BCUT2D eigenvalue weighted by Crippen LogP contribution is 2.39. The number of carbonyl (C=O) groups excluding carboxylic acids is 1. The zero-order chi connectivity index (χ0) is 24.6. The molecule has 6 nitrogen and oxygen atoms in total. The van der Waals surface area contributed by atoms with E-state index in [-0.39, 0.29) is 21.6 Å². The molecule has 0 fully saturated rings. The summed E-state index contributed by atoms with van der Waals surface area (Å²) in [5, 5.41) is 10.9. The van der Waals surface area contributed by atoms with E-state index in [1.165, 1.54) is 4.57 Å². The number of aromatic nitrogens is 1. The van der Waals surface area contributed by atoms with Crippen LogP contribution in [-0.2, 0) is 9.53 Å². The maximum Gasteiger partial charge on any atom is 0.338 e. The van der Waals surface area contributed by atoms with Crippen molar-refractivity contribution in [2.24, 2.45) is 5.73 Å². The van der Waals surface area contributed by atoms with Gasteiger partial charge in [-0.3, -0.25) is 9.36 Å². The summed E-state index contributed by atoms with van der Waals surface area (Å²) in [5.41, 5.74) is 7.23. The van der Waals surface area contributed by atoms with Crippen LogP contribution >= 0.6 is 34.5 Å². The molecule has 0 bridgehead atoms. The number of esters is 1. The van der Waals surface area contributed by atoms with Gasteiger partial charge in [0, 0.05) is 10.0 Å². The standard InChI is InChI=1S/C25H19Cl2N3O3S/c1-13(2)33-25(32)21-20(15-8-4-6-10-18(15)27)16(12-28)22(29)30-23(31)19(34-24(21)30)11-14-7-3-5-9-17(14)26/h3-11,13,20H,29H2,1-2H3. The normalized spacial score (nSPS) is 15.9. The van der Waals surface area contributed by atoms with Crippen LogP contribution in [0.3, 0.4) is 0 Å². The Balaban J connectivity index is 2.13. The number of allylic oxidation sites excluding steroid dienone is 1. The summed E-state index contributed by atoms with van der Waals surface area (Å²) in [4.78, 5) is 26.7. The number of halogens is 2. The molecule has 1 aliphatic rings. The summed E-state index contributed by atoms with van der Waals surface area (Å²) in [6.07, 6.45) is 1.21. The molecule has 4 rings (SSSR count). The fourth-order valence-electron chi connectivity index (χ4n) is 3.78. The SMILES string of the molecule is CC(C)OC(=O)C1=c2sc(=Cc3ccccc3Cl)c(=O)n2C(N)=C(C#N)C1c1ccccc1Cl. The molecule has 0 saturated carbocycles. The number of thiazole rings is 1. The molecule has 0 amide bonds. The first-order valence-corrected chi connectivity index (χ1v) is 11.9. The highest BCUT2D eigenvalue weighted by molar-refractivity contribution is 7.07. The number of fused-ring (bicyclic) bond motifs is 1. The van der Waals surface area contributed by atoms with Gasteiger partial charge in [0.15, 0.2) is 0 Å². The Morgan fingerprint density at radius 2 is 1.82 bits per heavy atom. The van der Waals surface area contributed by atoms with Crippen LogP contribution in [0.5, 0.6) is 0 Å². The molecule has 1 atom stereocenters. The van der Waals surface area contributed by atoms with Crippen molar-refractivity contribution in [2.75, 3.05) is 0 Å². The van der Waals surface area contributed by atoms with Gasteiger partial charge in [-0.2, -0.15) is 5.26 Å². The van der Waals surface area contributed by atoms with Crippen molar-refractivity contribution < 1.29 is 9.53 Å². The average Bonchev–Trinajstić information content (AvgIpc) is 3.11. The third-order valence-corrected chi connectivity index (χ3v) is 7.04. The number of benzene rings is 2. The Kier molecular flexibility index (Phi) is 6.67. The molecule has 1 aliphatic heterocycles. The molecule has 2 N–H and O–H groups in total. The second kappa shape index (κ2) is 9.51. The summed E-state index contributed by atoms with van der Waals surface area (Å²) in [5.74, 6) is -1.60. The number of carbonyl (C=O) groups is 1. The van der Waals surface area contributed by atoms with Gasteiger partial charge in [-0.15, -0.1) is 11.3 Å². The third kappa shape index (κ3) is 4.16. The van der Waals surface area contributed by atoms with Crippen LogP contribution in [0, 0.1) is 11.3 Å². The molecule has 2 heterocycles. The lowest BCUT2D eigenvalue weighted by molar-refractivity contribution is -0.140. The van der Waals surface area contributed by atoms with Gasteiger partial charge in [0.25, 0.3) is 5.56 Å². The summed E-state index contributed by atoms with van der Waals surface area (Å²) in [7, 11) is 0. The van der Waals surface area contributed by atoms with Gasteiger partial charge in [-0.1, -0.05) is 59.6 Å². The van der Waals surface area contributed by atoms with E-state index in [2.05, 4.69) is 6.07 Å². The van der Waals surface area contributed by atoms with Gasteiger partial charge in [-0.25, -0.2) is 4.79 Å². The average molecular weight is 512 g/mol. The molecular weight excluding hydrogens is 493 g/mol. The van der Waals surface area contributed by atoms with Crippen LogP contribution < -0.4 is 20.5 Å². The smallest absolute Gasteiger partial charge is 0.338 e. The number of nitriles is 1. The van der Waals surface area contributed by atoms with E-state index >= 15 is 0 Å². The maximum atomic E-state index is 13.4. The lowest BCUT2D eigenvalue weighted by Gasteiger charge is -2.26. The van der Waals surface area contributed by atoms with E-state index in [0.717, 1.165) is 11.3 Å². The van der Waals surface area contributed by atoms with Crippen molar-refractivity contribution >= 4 is 58.0 Å². The molecule has 1 aromatic heterocycles. The fourth-order valence-corrected chi connectivity index (χ4v) is 5.37. The predicted octanol–water partition coefficient (Wildman–Crippen LogP) is 3.60. The largest absolute Gasteiger partial charge is 0.460 e. The fraction of sp³-hybridized carbons (Fsp3) is 0.160. The molecule has 0 spiro atoms. The minimum Gasteiger partial charge on any atom is -0.460 e. The molecule has 34 heavy (non-hydrogen) atoms. The van der Waals surface area contributed by atoms with Crippen molar-refractivity contribution in [3.8, 4) is 6.07 Å². The topological polar surface area (TPSA) is 98.1 Å². The van der Waals surface area contributed by atoms with E-state index in [1.54, 1.807) is 68.5 Å². The molecule has 3 aromatic rings. The first-order chi connectivity index (χ1) is 16.2. The molecule has 2 aromatic carbocycles. The van der Waals surface area contributed by atoms with Crippen molar-refractivity contribution in [3.63, 3.8) is 0 Å². The van der Waals surface area contributed by atoms with E-state index in [9.17, 15) is 14.9 Å². The molecule has 9 heteroatoms. The minimum atomic E-state index is -0.892. The first kappa shape index (κ1) is 23.8. The molecule has 0 saturated heterocycles. The second-order valence-corrected chi connectivity index (χ2v) is 9.66. The lowest BCUT2D eigenvalue weighted by atomic mass is 9.84. The molecule has 1 unspecified atom stereocenters. The Labute approximate surface area is 209 Å². The van der Waals surface area contributed by atoms with E-state index in [4.69, 9.17) is 33.7 Å². The van der Waals surface area contributed by atoms with Crippen molar-refractivity contribution in [3.05, 3.63) is 94.8 Å². The summed E-state index contributed by atoms with van der Waals surface area (Å²) in [6.45, 7) is 3.44. The quantitative estimate of drug-likeness (QED) is 0.539. The van der Waals surface area contributed by atoms with Gasteiger partial charge in [0.05, 0.1) is 33.8 Å². The van der Waals surface area contributed by atoms with Crippen LogP contribution in [0.1, 0.15) is 30.9 Å².